The van der Waals surface area contributed by atoms with Gasteiger partial charge in [-0.15, -0.1) is 0 Å². The second kappa shape index (κ2) is 9.98. The highest BCUT2D eigenvalue weighted by molar-refractivity contribution is 8.05. The number of thioether (sulfide) groups is 1. The molecule has 34 heavy (non-hydrogen) atoms. The van der Waals surface area contributed by atoms with E-state index in [0.717, 1.165) is 22.3 Å². The molecule has 2 amide bonds. The van der Waals surface area contributed by atoms with Gasteiger partial charge in [-0.1, -0.05) is 78.0 Å². The van der Waals surface area contributed by atoms with Crippen molar-refractivity contribution in [3.8, 4) is 6.07 Å². The van der Waals surface area contributed by atoms with Gasteiger partial charge >= 0.3 is 0 Å². The summed E-state index contributed by atoms with van der Waals surface area (Å²) >= 11 is 1.27. The molecule has 1 N–H and O–H groups in total. The minimum Gasteiger partial charge on any atom is -0.321 e. The Balaban J connectivity index is 1.73. The second-order valence-electron chi connectivity index (χ2n) is 8.32. The lowest BCUT2D eigenvalue weighted by atomic mass is 10.1. The lowest BCUT2D eigenvalue weighted by molar-refractivity contribution is -0.117. The Labute approximate surface area is 204 Å². The predicted octanol–water partition coefficient (Wildman–Crippen LogP) is 5.68. The number of anilines is 2. The van der Waals surface area contributed by atoms with Crippen LogP contribution in [0.5, 0.6) is 0 Å². The average molecular weight is 468 g/mol. The lowest BCUT2D eigenvalue weighted by Gasteiger charge is -2.19. The van der Waals surface area contributed by atoms with Gasteiger partial charge in [-0.25, -0.2) is 0 Å². The molecule has 3 aromatic rings. The van der Waals surface area contributed by atoms with Crippen LogP contribution in [0.15, 0.2) is 83.4 Å². The van der Waals surface area contributed by atoms with Gasteiger partial charge in [0.25, 0.3) is 5.91 Å². The molecular formula is C28H25N3O2S. The van der Waals surface area contributed by atoms with Crippen LogP contribution in [-0.4, -0.2) is 17.1 Å². The van der Waals surface area contributed by atoms with Crippen molar-refractivity contribution >= 4 is 35.0 Å². The van der Waals surface area contributed by atoms with Gasteiger partial charge in [-0.05, 0) is 56.0 Å². The molecule has 0 spiro atoms. The van der Waals surface area contributed by atoms with E-state index in [9.17, 15) is 14.9 Å². The molecule has 4 rings (SSSR count). The molecule has 0 saturated carbocycles. The van der Waals surface area contributed by atoms with Gasteiger partial charge in [0.05, 0.1) is 5.25 Å². The zero-order chi connectivity index (χ0) is 24.2. The van der Waals surface area contributed by atoms with E-state index >= 15 is 0 Å². The Bertz CT molecular complexity index is 1290. The maximum Gasteiger partial charge on any atom is 0.269 e. The SMILES string of the molecule is Cc1ccc(CC2SC(=C(C#N)C(=O)Nc3c(C)cccc3C)N(c3ccccc3)C2=O)cc1. The standard InChI is InChI=1S/C28H25N3O2S/c1-18-12-14-21(15-13-18)16-24-27(33)31(22-10-5-4-6-11-22)28(34-24)23(17-29)26(32)30-25-19(2)8-7-9-20(25)3/h4-15,24H,16H2,1-3H3,(H,30,32). The Hall–Kier alpha value is -3.82. The fourth-order valence-corrected chi connectivity index (χ4v) is 5.23. The van der Waals surface area contributed by atoms with E-state index < -0.39 is 11.2 Å². The largest absolute Gasteiger partial charge is 0.321 e. The Morgan fingerprint density at radius 3 is 2.24 bits per heavy atom. The third-order valence-corrected chi connectivity index (χ3v) is 7.04. The zero-order valence-corrected chi connectivity index (χ0v) is 20.1. The molecular weight excluding hydrogens is 442 g/mol. The molecule has 0 radical (unpaired) electrons. The number of hydrogen-bond donors (Lipinski definition) is 1. The summed E-state index contributed by atoms with van der Waals surface area (Å²) in [5.74, 6) is -0.661. The van der Waals surface area contributed by atoms with E-state index in [4.69, 9.17) is 0 Å². The molecule has 0 aromatic heterocycles. The van der Waals surface area contributed by atoms with E-state index in [-0.39, 0.29) is 11.5 Å². The van der Waals surface area contributed by atoms with Crippen molar-refractivity contribution in [2.45, 2.75) is 32.4 Å². The van der Waals surface area contributed by atoms with Crippen molar-refractivity contribution in [2.24, 2.45) is 0 Å². The minimum absolute atomic E-state index is 0.0729. The van der Waals surface area contributed by atoms with Crippen molar-refractivity contribution in [1.29, 1.82) is 5.26 Å². The van der Waals surface area contributed by atoms with Gasteiger partial charge < -0.3 is 5.32 Å². The van der Waals surface area contributed by atoms with Crippen LogP contribution < -0.4 is 10.2 Å². The second-order valence-corrected chi connectivity index (χ2v) is 9.51. The number of rotatable bonds is 5. The normalized spacial score (nSPS) is 16.8. The van der Waals surface area contributed by atoms with Crippen molar-refractivity contribution in [1.82, 2.24) is 0 Å². The summed E-state index contributed by atoms with van der Waals surface area (Å²) in [5, 5.41) is 12.8. The topological polar surface area (TPSA) is 73.2 Å². The van der Waals surface area contributed by atoms with E-state index in [2.05, 4.69) is 11.4 Å². The summed E-state index contributed by atoms with van der Waals surface area (Å²) < 4.78 is 0. The first kappa shape index (κ1) is 23.3. The molecule has 6 heteroatoms. The smallest absolute Gasteiger partial charge is 0.269 e. The van der Waals surface area contributed by atoms with E-state index in [0.29, 0.717) is 22.8 Å². The molecule has 1 saturated heterocycles. The summed E-state index contributed by atoms with van der Waals surface area (Å²) in [4.78, 5) is 28.3. The van der Waals surface area contributed by atoms with Crippen molar-refractivity contribution in [2.75, 3.05) is 10.2 Å². The highest BCUT2D eigenvalue weighted by atomic mass is 32.2. The first-order valence-corrected chi connectivity index (χ1v) is 11.9. The van der Waals surface area contributed by atoms with Crippen LogP contribution >= 0.6 is 11.8 Å². The average Bonchev–Trinajstić information content (AvgIpc) is 3.14. The fraction of sp³-hybridized carbons (Fsp3) is 0.179. The minimum atomic E-state index is -0.521. The van der Waals surface area contributed by atoms with E-state index in [1.807, 2.05) is 93.6 Å². The number of benzene rings is 3. The van der Waals surface area contributed by atoms with Crippen LogP contribution in [-0.2, 0) is 16.0 Å². The monoisotopic (exact) mass is 467 g/mol. The van der Waals surface area contributed by atoms with Gasteiger partial charge in [0.1, 0.15) is 16.7 Å². The van der Waals surface area contributed by atoms with Gasteiger partial charge in [0, 0.05) is 11.4 Å². The third kappa shape index (κ3) is 4.75. The van der Waals surface area contributed by atoms with Gasteiger partial charge in [-0.3, -0.25) is 14.5 Å². The summed E-state index contributed by atoms with van der Waals surface area (Å²) in [7, 11) is 0. The Morgan fingerprint density at radius 1 is 0.971 bits per heavy atom. The molecule has 1 aliphatic rings. The van der Waals surface area contributed by atoms with Crippen molar-refractivity contribution in [3.05, 3.63) is 106 Å². The zero-order valence-electron chi connectivity index (χ0n) is 19.3. The van der Waals surface area contributed by atoms with Crippen LogP contribution in [0.25, 0.3) is 0 Å². The molecule has 1 aliphatic heterocycles. The van der Waals surface area contributed by atoms with Crippen LogP contribution in [0.3, 0.4) is 0 Å². The molecule has 0 aliphatic carbocycles. The van der Waals surface area contributed by atoms with Gasteiger partial charge in [-0.2, -0.15) is 5.26 Å². The number of aryl methyl sites for hydroxylation is 3. The number of amides is 2. The van der Waals surface area contributed by atoms with E-state index in [1.165, 1.54) is 16.7 Å². The molecule has 3 aromatic carbocycles. The molecule has 0 bridgehead atoms. The molecule has 1 atom stereocenters. The highest BCUT2D eigenvalue weighted by Crippen LogP contribution is 2.42. The number of carbonyl (C=O) groups is 2. The molecule has 1 unspecified atom stereocenters. The number of nitrogens with one attached hydrogen (secondary N) is 1. The summed E-state index contributed by atoms with van der Waals surface area (Å²) in [5.41, 5.74) is 5.23. The third-order valence-electron chi connectivity index (χ3n) is 5.78. The summed E-state index contributed by atoms with van der Waals surface area (Å²) in [6.07, 6.45) is 0.508. The molecule has 1 fully saturated rings. The quantitative estimate of drug-likeness (QED) is 0.387. The predicted molar refractivity (Wildman–Crippen MR) is 137 cm³/mol. The first-order valence-electron chi connectivity index (χ1n) is 11.0. The number of para-hydroxylation sites is 2. The van der Waals surface area contributed by atoms with Crippen LogP contribution in [0.2, 0.25) is 0 Å². The van der Waals surface area contributed by atoms with Crippen LogP contribution in [0, 0.1) is 32.1 Å². The Morgan fingerprint density at radius 2 is 1.62 bits per heavy atom. The lowest BCUT2D eigenvalue weighted by Crippen LogP contribution is -2.31. The molecule has 170 valence electrons. The van der Waals surface area contributed by atoms with Gasteiger partial charge in [0.15, 0.2) is 0 Å². The molecule has 1 heterocycles. The maximum atomic E-state index is 13.5. The van der Waals surface area contributed by atoms with Crippen LogP contribution in [0.1, 0.15) is 22.3 Å². The Kier molecular flexibility index (Phi) is 6.85. The summed E-state index contributed by atoms with van der Waals surface area (Å²) in [6, 6.07) is 25.0. The summed E-state index contributed by atoms with van der Waals surface area (Å²) in [6.45, 7) is 5.83. The number of nitrogens with zero attached hydrogens (tertiary/aromatic N) is 2. The van der Waals surface area contributed by atoms with E-state index in [1.54, 1.807) is 0 Å². The number of nitriles is 1. The maximum absolute atomic E-state index is 13.5. The molecule has 5 nitrogen and oxygen atoms in total. The first-order chi connectivity index (χ1) is 16.4. The van der Waals surface area contributed by atoms with Crippen molar-refractivity contribution < 1.29 is 9.59 Å². The van der Waals surface area contributed by atoms with Crippen LogP contribution in [0.4, 0.5) is 11.4 Å². The van der Waals surface area contributed by atoms with Gasteiger partial charge in [0.2, 0.25) is 5.91 Å². The fourth-order valence-electron chi connectivity index (χ4n) is 3.92. The van der Waals surface area contributed by atoms with Crippen molar-refractivity contribution in [3.63, 3.8) is 0 Å². The number of carbonyl (C=O) groups excluding carboxylic acids is 2. The number of hydrogen-bond acceptors (Lipinski definition) is 4. The highest BCUT2D eigenvalue weighted by Gasteiger charge is 2.40.